The molecule has 130 valence electrons. The minimum absolute atomic E-state index is 0.0544. The fourth-order valence-electron chi connectivity index (χ4n) is 3.78. The number of benzene rings is 1. The molecule has 1 aromatic rings. The van der Waals surface area contributed by atoms with Gasteiger partial charge in [-0.3, -0.25) is 9.59 Å². The van der Waals surface area contributed by atoms with Crippen molar-refractivity contribution in [3.8, 4) is 0 Å². The Morgan fingerprint density at radius 2 is 2.08 bits per heavy atom. The average Bonchev–Trinajstić information content (AvgIpc) is 3.02. The largest absolute Gasteiger partial charge is 0.393 e. The first-order valence-electron chi connectivity index (χ1n) is 8.90. The Morgan fingerprint density at radius 1 is 1.29 bits per heavy atom. The van der Waals surface area contributed by atoms with Crippen LogP contribution in [0.15, 0.2) is 24.3 Å². The molecule has 5 heteroatoms. The number of hydrogen-bond donors (Lipinski definition) is 1. The Kier molecular flexibility index (Phi) is 5.19. The number of nitrogens with zero attached hydrogens (tertiary/aromatic N) is 2. The molecule has 0 bridgehead atoms. The highest BCUT2D eigenvalue weighted by Crippen LogP contribution is 2.26. The van der Waals surface area contributed by atoms with E-state index in [0.717, 1.165) is 44.3 Å². The van der Waals surface area contributed by atoms with Crippen molar-refractivity contribution in [3.63, 3.8) is 0 Å². The zero-order chi connectivity index (χ0) is 17.1. The summed E-state index contributed by atoms with van der Waals surface area (Å²) in [7, 11) is 1.79. The van der Waals surface area contributed by atoms with E-state index in [2.05, 4.69) is 0 Å². The topological polar surface area (TPSA) is 60.9 Å². The van der Waals surface area contributed by atoms with Crippen molar-refractivity contribution in [3.05, 3.63) is 29.8 Å². The molecule has 0 aromatic heterocycles. The van der Waals surface area contributed by atoms with Crippen LogP contribution in [-0.2, 0) is 4.79 Å². The van der Waals surface area contributed by atoms with Gasteiger partial charge in [-0.2, -0.15) is 0 Å². The van der Waals surface area contributed by atoms with Crippen molar-refractivity contribution in [2.45, 2.75) is 44.6 Å². The Hall–Kier alpha value is -1.88. The lowest BCUT2D eigenvalue weighted by molar-refractivity contribution is -0.117. The molecule has 1 aliphatic carbocycles. The van der Waals surface area contributed by atoms with E-state index in [1.807, 2.05) is 12.1 Å². The van der Waals surface area contributed by atoms with E-state index < -0.39 is 0 Å². The minimum Gasteiger partial charge on any atom is -0.393 e. The summed E-state index contributed by atoms with van der Waals surface area (Å²) >= 11 is 0. The molecule has 0 radical (unpaired) electrons. The molecule has 2 aliphatic rings. The van der Waals surface area contributed by atoms with Crippen LogP contribution in [0, 0.1) is 5.92 Å². The summed E-state index contributed by atoms with van der Waals surface area (Å²) in [6.07, 6.45) is 5.15. The van der Waals surface area contributed by atoms with E-state index in [9.17, 15) is 14.7 Å². The van der Waals surface area contributed by atoms with Crippen LogP contribution in [0.2, 0.25) is 0 Å². The van der Waals surface area contributed by atoms with E-state index in [-0.39, 0.29) is 23.8 Å². The second kappa shape index (κ2) is 7.34. The van der Waals surface area contributed by atoms with Crippen molar-refractivity contribution < 1.29 is 14.7 Å². The molecular formula is C19H26N2O3. The predicted molar refractivity (Wildman–Crippen MR) is 93.0 cm³/mol. The average molecular weight is 330 g/mol. The molecule has 1 aromatic carbocycles. The van der Waals surface area contributed by atoms with E-state index in [4.69, 9.17) is 0 Å². The Balaban J connectivity index is 1.68. The lowest BCUT2D eigenvalue weighted by atomic mass is 9.86. The first-order valence-corrected chi connectivity index (χ1v) is 8.90. The monoisotopic (exact) mass is 330 g/mol. The highest BCUT2D eigenvalue weighted by Gasteiger charge is 2.27. The first-order chi connectivity index (χ1) is 11.6. The van der Waals surface area contributed by atoms with E-state index in [1.54, 1.807) is 29.0 Å². The molecule has 1 heterocycles. The second-order valence-corrected chi connectivity index (χ2v) is 7.00. The molecule has 2 fully saturated rings. The Morgan fingerprint density at radius 3 is 2.79 bits per heavy atom. The molecule has 1 saturated heterocycles. The third kappa shape index (κ3) is 3.61. The van der Waals surface area contributed by atoms with Crippen LogP contribution in [0.1, 0.15) is 48.9 Å². The third-order valence-corrected chi connectivity index (χ3v) is 5.20. The first kappa shape index (κ1) is 17.0. The van der Waals surface area contributed by atoms with Gasteiger partial charge in [-0.1, -0.05) is 18.9 Å². The third-order valence-electron chi connectivity index (χ3n) is 5.20. The zero-order valence-corrected chi connectivity index (χ0v) is 14.3. The van der Waals surface area contributed by atoms with E-state index >= 15 is 0 Å². The summed E-state index contributed by atoms with van der Waals surface area (Å²) in [5, 5.41) is 10.1. The van der Waals surface area contributed by atoms with Crippen molar-refractivity contribution >= 4 is 17.5 Å². The minimum atomic E-state index is -0.303. The number of hydrogen-bond acceptors (Lipinski definition) is 3. The molecule has 3 rings (SSSR count). The van der Waals surface area contributed by atoms with Crippen LogP contribution in [0.5, 0.6) is 0 Å². The van der Waals surface area contributed by atoms with Gasteiger partial charge < -0.3 is 14.9 Å². The molecule has 1 saturated carbocycles. The normalized spacial score (nSPS) is 24.2. The van der Waals surface area contributed by atoms with Gasteiger partial charge in [-0.15, -0.1) is 0 Å². The van der Waals surface area contributed by atoms with Gasteiger partial charge in [0, 0.05) is 43.7 Å². The molecule has 5 nitrogen and oxygen atoms in total. The van der Waals surface area contributed by atoms with Crippen molar-refractivity contribution in [2.24, 2.45) is 5.92 Å². The lowest BCUT2D eigenvalue weighted by Crippen LogP contribution is -2.38. The summed E-state index contributed by atoms with van der Waals surface area (Å²) < 4.78 is 0. The smallest absolute Gasteiger partial charge is 0.253 e. The number of rotatable bonds is 4. The van der Waals surface area contributed by atoms with Crippen LogP contribution in [0.25, 0.3) is 0 Å². The van der Waals surface area contributed by atoms with Gasteiger partial charge in [-0.25, -0.2) is 0 Å². The molecule has 0 spiro atoms. The van der Waals surface area contributed by atoms with E-state index in [1.165, 1.54) is 0 Å². The molecule has 1 N–H and O–H groups in total. The predicted octanol–water partition coefficient (Wildman–Crippen LogP) is 2.44. The van der Waals surface area contributed by atoms with E-state index in [0.29, 0.717) is 18.5 Å². The van der Waals surface area contributed by atoms with Gasteiger partial charge in [-0.05, 0) is 37.5 Å². The number of carbonyl (C=O) groups is 2. The summed E-state index contributed by atoms with van der Waals surface area (Å²) in [4.78, 5) is 28.1. The van der Waals surface area contributed by atoms with Gasteiger partial charge >= 0.3 is 0 Å². The number of anilines is 1. The fourth-order valence-corrected chi connectivity index (χ4v) is 3.78. The second-order valence-electron chi connectivity index (χ2n) is 7.00. The summed E-state index contributed by atoms with van der Waals surface area (Å²) in [6, 6.07) is 7.31. The highest BCUT2D eigenvalue weighted by molar-refractivity contribution is 5.99. The van der Waals surface area contributed by atoms with Crippen LogP contribution < -0.4 is 4.90 Å². The molecule has 1 aliphatic heterocycles. The lowest BCUT2D eigenvalue weighted by Gasteiger charge is -2.31. The highest BCUT2D eigenvalue weighted by atomic mass is 16.3. The van der Waals surface area contributed by atoms with Crippen LogP contribution in [0.4, 0.5) is 5.69 Å². The quantitative estimate of drug-likeness (QED) is 0.922. The van der Waals surface area contributed by atoms with Crippen LogP contribution in [-0.4, -0.2) is 48.1 Å². The summed E-state index contributed by atoms with van der Waals surface area (Å²) in [5.74, 6) is 0.232. The molecule has 2 amide bonds. The van der Waals surface area contributed by atoms with Crippen molar-refractivity contribution in [2.75, 3.05) is 25.0 Å². The number of carbonyl (C=O) groups excluding carboxylic acids is 2. The van der Waals surface area contributed by atoms with Gasteiger partial charge in [0.1, 0.15) is 0 Å². The maximum absolute atomic E-state index is 12.7. The van der Waals surface area contributed by atoms with Gasteiger partial charge in [0.25, 0.3) is 5.91 Å². The van der Waals surface area contributed by atoms with Crippen LogP contribution >= 0.6 is 0 Å². The maximum atomic E-state index is 12.7. The zero-order valence-electron chi connectivity index (χ0n) is 14.3. The van der Waals surface area contributed by atoms with Gasteiger partial charge in [0.2, 0.25) is 5.91 Å². The molecule has 2 unspecified atom stereocenters. The van der Waals surface area contributed by atoms with Gasteiger partial charge in [0.05, 0.1) is 6.10 Å². The van der Waals surface area contributed by atoms with Gasteiger partial charge in [0.15, 0.2) is 0 Å². The maximum Gasteiger partial charge on any atom is 0.253 e. The fraction of sp³-hybridized carbons (Fsp3) is 0.579. The van der Waals surface area contributed by atoms with Crippen LogP contribution in [0.3, 0.4) is 0 Å². The number of amides is 2. The molecule has 2 atom stereocenters. The van der Waals surface area contributed by atoms with Crippen molar-refractivity contribution in [1.82, 2.24) is 4.90 Å². The summed E-state index contributed by atoms with van der Waals surface area (Å²) in [6.45, 7) is 1.30. The SMILES string of the molecule is CN(CC1CCCCC1O)C(=O)c1cccc(N2CCCC2=O)c1. The Bertz CT molecular complexity index is 616. The molecular weight excluding hydrogens is 304 g/mol. The number of aliphatic hydroxyl groups excluding tert-OH is 1. The molecule has 24 heavy (non-hydrogen) atoms. The summed E-state index contributed by atoms with van der Waals surface area (Å²) in [5.41, 5.74) is 1.40. The standard InChI is InChI=1S/C19H26N2O3/c1-20(13-15-6-2-3-9-17(15)22)19(24)14-7-4-8-16(12-14)21-11-5-10-18(21)23/h4,7-8,12,15,17,22H,2-3,5-6,9-11,13H2,1H3. The van der Waals surface area contributed by atoms with Crippen molar-refractivity contribution in [1.29, 1.82) is 0 Å². The Labute approximate surface area is 143 Å². The number of aliphatic hydroxyl groups is 1.